The van der Waals surface area contributed by atoms with Gasteiger partial charge in [0.1, 0.15) is 24.7 Å². The number of hydrogen-bond acceptors (Lipinski definition) is 5. The van der Waals surface area contributed by atoms with E-state index < -0.39 is 0 Å². The number of nitrogens with one attached hydrogen (secondary N) is 1. The van der Waals surface area contributed by atoms with E-state index in [0.717, 1.165) is 5.76 Å². The zero-order valence-corrected chi connectivity index (χ0v) is 14.3. The van der Waals surface area contributed by atoms with Crippen molar-refractivity contribution in [1.29, 1.82) is 0 Å². The molecule has 25 heavy (non-hydrogen) atoms. The van der Waals surface area contributed by atoms with Crippen molar-refractivity contribution in [3.63, 3.8) is 0 Å². The normalized spacial score (nSPS) is 14.0. The maximum Gasteiger partial charge on any atom is 0.221 e. The molecular formula is C19H21NO5. The van der Waals surface area contributed by atoms with Crippen LogP contribution in [-0.2, 0) is 4.79 Å². The number of fused-ring (bicyclic) bond motifs is 1. The minimum absolute atomic E-state index is 0.103. The minimum Gasteiger partial charge on any atom is -0.486 e. The summed E-state index contributed by atoms with van der Waals surface area (Å²) in [7, 11) is 0. The number of ketones is 1. The summed E-state index contributed by atoms with van der Waals surface area (Å²) in [5.74, 6) is 2.42. The maximum atomic E-state index is 12.3. The van der Waals surface area contributed by atoms with E-state index in [9.17, 15) is 9.59 Å². The number of furan rings is 1. The van der Waals surface area contributed by atoms with Gasteiger partial charge in [-0.05, 0) is 44.2 Å². The Labute approximate surface area is 146 Å². The first-order valence-corrected chi connectivity index (χ1v) is 8.31. The molecule has 0 fully saturated rings. The zero-order chi connectivity index (χ0) is 17.8. The molecule has 6 heteroatoms. The topological polar surface area (TPSA) is 77.8 Å². The highest BCUT2D eigenvalue weighted by molar-refractivity contribution is 5.98. The summed E-state index contributed by atoms with van der Waals surface area (Å²) in [5, 5.41) is 2.84. The fraction of sp³-hybridized carbons (Fsp3) is 0.368. The molecule has 1 atom stereocenters. The molecule has 0 aliphatic carbocycles. The highest BCUT2D eigenvalue weighted by atomic mass is 16.6. The lowest BCUT2D eigenvalue weighted by Crippen LogP contribution is -2.26. The number of hydrogen-bond donors (Lipinski definition) is 1. The van der Waals surface area contributed by atoms with E-state index in [4.69, 9.17) is 13.9 Å². The van der Waals surface area contributed by atoms with Crippen LogP contribution in [0.15, 0.2) is 34.7 Å². The summed E-state index contributed by atoms with van der Waals surface area (Å²) in [6.07, 6.45) is 0.257. The van der Waals surface area contributed by atoms with Gasteiger partial charge in [0.25, 0.3) is 0 Å². The number of carbonyl (C=O) groups is 2. The van der Waals surface area contributed by atoms with E-state index in [2.05, 4.69) is 5.32 Å². The van der Waals surface area contributed by atoms with Crippen LogP contribution in [0.25, 0.3) is 0 Å². The fourth-order valence-electron chi connectivity index (χ4n) is 2.66. The molecular weight excluding hydrogens is 322 g/mol. The highest BCUT2D eigenvalue weighted by Crippen LogP contribution is 2.31. The summed E-state index contributed by atoms with van der Waals surface area (Å²) in [6.45, 7) is 4.67. The van der Waals surface area contributed by atoms with Crippen molar-refractivity contribution in [3.05, 3.63) is 47.4 Å². The predicted molar refractivity (Wildman–Crippen MR) is 91.0 cm³/mol. The Bertz CT molecular complexity index is 780. The van der Waals surface area contributed by atoms with Crippen LogP contribution in [0, 0.1) is 6.92 Å². The maximum absolute atomic E-state index is 12.3. The molecule has 1 amide bonds. The number of rotatable bonds is 6. The first-order chi connectivity index (χ1) is 12.0. The summed E-state index contributed by atoms with van der Waals surface area (Å²) in [5.41, 5.74) is 0.520. The van der Waals surface area contributed by atoms with E-state index >= 15 is 0 Å². The van der Waals surface area contributed by atoms with Gasteiger partial charge in [0.15, 0.2) is 17.3 Å². The Morgan fingerprint density at radius 2 is 1.84 bits per heavy atom. The SMILES string of the molecule is Cc1ccc([C@H](C)NC(=O)CCC(=O)c2ccc3c(c2)OCCO3)o1. The molecule has 132 valence electrons. The molecule has 0 radical (unpaired) electrons. The summed E-state index contributed by atoms with van der Waals surface area (Å²) >= 11 is 0. The average Bonchev–Trinajstić information content (AvgIpc) is 3.06. The Kier molecular flexibility index (Phi) is 5.07. The molecule has 0 saturated carbocycles. The summed E-state index contributed by atoms with van der Waals surface area (Å²) in [4.78, 5) is 24.4. The van der Waals surface area contributed by atoms with Gasteiger partial charge in [-0.2, -0.15) is 0 Å². The van der Waals surface area contributed by atoms with Crippen molar-refractivity contribution in [2.24, 2.45) is 0 Å². The van der Waals surface area contributed by atoms with Crippen LogP contribution < -0.4 is 14.8 Å². The fourth-order valence-corrected chi connectivity index (χ4v) is 2.66. The summed E-state index contributed by atoms with van der Waals surface area (Å²) in [6, 6.07) is 8.54. The van der Waals surface area contributed by atoms with Crippen molar-refractivity contribution in [2.45, 2.75) is 32.7 Å². The zero-order valence-electron chi connectivity index (χ0n) is 14.3. The minimum atomic E-state index is -0.231. The Morgan fingerprint density at radius 1 is 1.08 bits per heavy atom. The first-order valence-electron chi connectivity index (χ1n) is 8.31. The number of ether oxygens (including phenoxy) is 2. The van der Waals surface area contributed by atoms with Gasteiger partial charge in [-0.25, -0.2) is 0 Å². The van der Waals surface area contributed by atoms with E-state index in [1.54, 1.807) is 18.2 Å². The lowest BCUT2D eigenvalue weighted by molar-refractivity contribution is -0.121. The van der Waals surface area contributed by atoms with E-state index in [1.165, 1.54) is 0 Å². The molecule has 1 aromatic heterocycles. The van der Waals surface area contributed by atoms with E-state index in [-0.39, 0.29) is 30.6 Å². The molecule has 0 unspecified atom stereocenters. The van der Waals surface area contributed by atoms with Gasteiger partial charge in [-0.15, -0.1) is 0 Å². The van der Waals surface area contributed by atoms with Gasteiger partial charge in [0.05, 0.1) is 6.04 Å². The predicted octanol–water partition coefficient (Wildman–Crippen LogP) is 3.20. The van der Waals surface area contributed by atoms with Crippen molar-refractivity contribution >= 4 is 11.7 Å². The third-order valence-electron chi connectivity index (χ3n) is 4.01. The molecule has 1 aliphatic heterocycles. The first kappa shape index (κ1) is 17.1. The van der Waals surface area contributed by atoms with Crippen molar-refractivity contribution in [2.75, 3.05) is 13.2 Å². The molecule has 3 rings (SSSR count). The van der Waals surface area contributed by atoms with E-state index in [1.807, 2.05) is 26.0 Å². The molecule has 1 aromatic carbocycles. The van der Waals surface area contributed by atoms with Gasteiger partial charge in [-0.3, -0.25) is 9.59 Å². The smallest absolute Gasteiger partial charge is 0.221 e. The standard InChI is InChI=1S/C19H21NO5/c1-12-3-6-16(25-12)13(2)20-19(22)8-5-15(21)14-4-7-17-18(11-14)24-10-9-23-17/h3-4,6-7,11,13H,5,8-10H2,1-2H3,(H,20,22)/t13-/m0/s1. The van der Waals surface area contributed by atoms with Crippen molar-refractivity contribution in [1.82, 2.24) is 5.32 Å². The van der Waals surface area contributed by atoms with Crippen LogP contribution in [0.5, 0.6) is 11.5 Å². The van der Waals surface area contributed by atoms with Gasteiger partial charge in [0, 0.05) is 18.4 Å². The number of aryl methyl sites for hydroxylation is 1. The quantitative estimate of drug-likeness (QED) is 0.815. The molecule has 2 aromatic rings. The molecule has 1 aliphatic rings. The third kappa shape index (κ3) is 4.21. The van der Waals surface area contributed by atoms with Gasteiger partial charge in [0.2, 0.25) is 5.91 Å². The summed E-state index contributed by atoms with van der Waals surface area (Å²) < 4.78 is 16.4. The molecule has 0 saturated heterocycles. The second-order valence-corrected chi connectivity index (χ2v) is 6.02. The van der Waals surface area contributed by atoms with Gasteiger partial charge < -0.3 is 19.2 Å². The number of benzene rings is 1. The highest BCUT2D eigenvalue weighted by Gasteiger charge is 2.17. The van der Waals surface area contributed by atoms with Crippen LogP contribution in [0.2, 0.25) is 0 Å². The lowest BCUT2D eigenvalue weighted by atomic mass is 10.1. The van der Waals surface area contributed by atoms with Crippen LogP contribution >= 0.6 is 0 Å². The monoisotopic (exact) mass is 343 g/mol. The Morgan fingerprint density at radius 3 is 2.56 bits per heavy atom. The Hall–Kier alpha value is -2.76. The van der Waals surface area contributed by atoms with Crippen molar-refractivity contribution in [3.8, 4) is 11.5 Å². The molecule has 0 bridgehead atoms. The molecule has 0 spiro atoms. The van der Waals surface area contributed by atoms with Crippen LogP contribution in [0.3, 0.4) is 0 Å². The molecule has 6 nitrogen and oxygen atoms in total. The molecule has 2 heterocycles. The van der Waals surface area contributed by atoms with E-state index in [0.29, 0.717) is 36.0 Å². The number of carbonyl (C=O) groups excluding carboxylic acids is 2. The van der Waals surface area contributed by atoms with Crippen LogP contribution in [0.4, 0.5) is 0 Å². The van der Waals surface area contributed by atoms with Crippen LogP contribution in [0.1, 0.15) is 47.7 Å². The average molecular weight is 343 g/mol. The van der Waals surface area contributed by atoms with Crippen molar-refractivity contribution < 1.29 is 23.5 Å². The second-order valence-electron chi connectivity index (χ2n) is 6.02. The van der Waals surface area contributed by atoms with Gasteiger partial charge >= 0.3 is 0 Å². The molecule has 1 N–H and O–H groups in total. The van der Waals surface area contributed by atoms with Crippen LogP contribution in [-0.4, -0.2) is 24.9 Å². The second kappa shape index (κ2) is 7.42. The Balaban J connectivity index is 1.52. The lowest BCUT2D eigenvalue weighted by Gasteiger charge is -2.18. The largest absolute Gasteiger partial charge is 0.486 e. The number of Topliss-reactive ketones (excluding diaryl/α,β-unsaturated/α-hetero) is 1. The van der Waals surface area contributed by atoms with Gasteiger partial charge in [-0.1, -0.05) is 0 Å². The number of amides is 1. The third-order valence-corrected chi connectivity index (χ3v) is 4.01.